The van der Waals surface area contributed by atoms with E-state index < -0.39 is 0 Å². The highest BCUT2D eigenvalue weighted by molar-refractivity contribution is 5.89. The molecule has 36 heavy (non-hydrogen) atoms. The SMILES string of the molecule is CCn1cc(Nc2nc(N(C)[C@@H]3CC[C@H](C)N(C(=O)OCc4ccccc4)C3)c3cc[nH]c3n2)cn1. The molecule has 2 N–H and O–H groups in total. The van der Waals surface area contributed by atoms with E-state index in [9.17, 15) is 4.79 Å². The second-order valence-electron chi connectivity index (χ2n) is 9.20. The molecule has 0 aliphatic carbocycles. The molecule has 2 atom stereocenters. The van der Waals surface area contributed by atoms with Gasteiger partial charge in [0, 0.05) is 44.6 Å². The van der Waals surface area contributed by atoms with E-state index in [1.165, 1.54) is 0 Å². The highest BCUT2D eigenvalue weighted by Gasteiger charge is 2.33. The van der Waals surface area contributed by atoms with Gasteiger partial charge in [-0.25, -0.2) is 4.79 Å². The fourth-order valence-corrected chi connectivity index (χ4v) is 4.61. The molecule has 0 bridgehead atoms. The molecule has 10 nitrogen and oxygen atoms in total. The molecule has 0 radical (unpaired) electrons. The smallest absolute Gasteiger partial charge is 0.410 e. The van der Waals surface area contributed by atoms with Gasteiger partial charge in [-0.05, 0) is 38.3 Å². The van der Waals surface area contributed by atoms with E-state index in [1.807, 2.05) is 72.3 Å². The number of rotatable bonds is 7. The van der Waals surface area contributed by atoms with Crippen LogP contribution in [0.2, 0.25) is 0 Å². The van der Waals surface area contributed by atoms with E-state index in [0.29, 0.717) is 12.5 Å². The molecule has 3 aromatic heterocycles. The Morgan fingerprint density at radius 3 is 2.83 bits per heavy atom. The summed E-state index contributed by atoms with van der Waals surface area (Å²) in [5.74, 6) is 1.30. The third-order valence-corrected chi connectivity index (χ3v) is 6.79. The number of hydrogen-bond donors (Lipinski definition) is 2. The summed E-state index contributed by atoms with van der Waals surface area (Å²) in [6.45, 7) is 5.73. The molecule has 188 valence electrons. The highest BCUT2D eigenvalue weighted by atomic mass is 16.6. The van der Waals surface area contributed by atoms with E-state index >= 15 is 0 Å². The van der Waals surface area contributed by atoms with Crippen molar-refractivity contribution in [3.05, 3.63) is 60.6 Å². The number of carbonyl (C=O) groups excluding carboxylic acids is 1. The number of nitrogens with one attached hydrogen (secondary N) is 2. The van der Waals surface area contributed by atoms with Gasteiger partial charge >= 0.3 is 6.09 Å². The average Bonchev–Trinajstić information content (AvgIpc) is 3.56. The van der Waals surface area contributed by atoms with Crippen LogP contribution >= 0.6 is 0 Å². The first-order valence-corrected chi connectivity index (χ1v) is 12.4. The second-order valence-corrected chi connectivity index (χ2v) is 9.20. The predicted octanol–water partition coefficient (Wildman–Crippen LogP) is 4.54. The molecular weight excluding hydrogens is 456 g/mol. The van der Waals surface area contributed by atoms with Crippen LogP contribution in [0.3, 0.4) is 0 Å². The van der Waals surface area contributed by atoms with Crippen LogP contribution < -0.4 is 10.2 Å². The number of amides is 1. The Morgan fingerprint density at radius 2 is 2.06 bits per heavy atom. The van der Waals surface area contributed by atoms with E-state index in [0.717, 1.165) is 47.5 Å². The molecule has 1 aromatic carbocycles. The number of aromatic amines is 1. The molecule has 1 aliphatic rings. The van der Waals surface area contributed by atoms with Crippen LogP contribution in [0.5, 0.6) is 0 Å². The minimum atomic E-state index is -0.283. The van der Waals surface area contributed by atoms with Gasteiger partial charge in [-0.3, -0.25) is 4.68 Å². The Labute approximate surface area is 210 Å². The first-order valence-electron chi connectivity index (χ1n) is 12.4. The van der Waals surface area contributed by atoms with Crippen LogP contribution in [0.4, 0.5) is 22.2 Å². The summed E-state index contributed by atoms with van der Waals surface area (Å²) in [6.07, 6.45) is 7.10. The third-order valence-electron chi connectivity index (χ3n) is 6.79. The number of likely N-dealkylation sites (N-methyl/N-ethyl adjacent to an activating group) is 1. The zero-order valence-electron chi connectivity index (χ0n) is 20.9. The molecule has 1 saturated heterocycles. The van der Waals surface area contributed by atoms with Crippen molar-refractivity contribution in [2.24, 2.45) is 0 Å². The van der Waals surface area contributed by atoms with Gasteiger partial charge in [0.25, 0.3) is 0 Å². The number of H-pyrrole nitrogens is 1. The normalized spacial score (nSPS) is 17.8. The maximum Gasteiger partial charge on any atom is 0.410 e. The Morgan fingerprint density at radius 1 is 1.22 bits per heavy atom. The summed E-state index contributed by atoms with van der Waals surface area (Å²) in [5, 5.41) is 8.51. The topological polar surface area (TPSA) is 104 Å². The number of carbonyl (C=O) groups is 1. The van der Waals surface area contributed by atoms with E-state index in [2.05, 4.69) is 32.2 Å². The number of aryl methyl sites for hydroxylation is 1. The van der Waals surface area contributed by atoms with Gasteiger partial charge in [-0.15, -0.1) is 0 Å². The Balaban J connectivity index is 1.33. The molecule has 1 fully saturated rings. The van der Waals surface area contributed by atoms with Gasteiger partial charge in [0.15, 0.2) is 0 Å². The number of piperidine rings is 1. The summed E-state index contributed by atoms with van der Waals surface area (Å²) < 4.78 is 7.49. The summed E-state index contributed by atoms with van der Waals surface area (Å²) in [6, 6.07) is 11.9. The van der Waals surface area contributed by atoms with Crippen molar-refractivity contribution in [1.82, 2.24) is 29.6 Å². The van der Waals surface area contributed by atoms with E-state index in [1.54, 1.807) is 6.20 Å². The van der Waals surface area contributed by atoms with Gasteiger partial charge in [-0.1, -0.05) is 30.3 Å². The van der Waals surface area contributed by atoms with Gasteiger partial charge < -0.3 is 24.8 Å². The molecule has 4 heterocycles. The van der Waals surface area contributed by atoms with Gasteiger partial charge in [0.2, 0.25) is 5.95 Å². The molecular formula is C26H32N8O2. The van der Waals surface area contributed by atoms with Crippen molar-refractivity contribution in [1.29, 1.82) is 0 Å². The summed E-state index contributed by atoms with van der Waals surface area (Å²) >= 11 is 0. The van der Waals surface area contributed by atoms with Crippen molar-refractivity contribution in [3.8, 4) is 0 Å². The summed E-state index contributed by atoms with van der Waals surface area (Å²) in [4.78, 5) is 29.7. The molecule has 5 rings (SSSR count). The quantitative estimate of drug-likeness (QED) is 0.393. The molecule has 0 saturated carbocycles. The standard InChI is InChI=1S/C26H32N8O2/c1-4-33-15-20(14-28-33)29-25-30-23-22(12-13-27-23)24(31-25)32(3)21-11-10-18(2)34(16-21)26(35)36-17-19-8-6-5-7-9-19/h5-9,12-15,18,21H,4,10-11,16-17H2,1-3H3,(H2,27,29,30,31)/t18-,21+/m0/s1. The maximum absolute atomic E-state index is 13.0. The Kier molecular flexibility index (Phi) is 6.75. The number of anilines is 3. The van der Waals surface area contributed by atoms with E-state index in [4.69, 9.17) is 9.72 Å². The number of ether oxygens (including phenoxy) is 1. The van der Waals surface area contributed by atoms with Gasteiger partial charge in [0.05, 0.1) is 17.3 Å². The van der Waals surface area contributed by atoms with Crippen LogP contribution in [-0.2, 0) is 17.9 Å². The lowest BCUT2D eigenvalue weighted by Crippen LogP contribution is -2.52. The number of nitrogens with zero attached hydrogens (tertiary/aromatic N) is 6. The van der Waals surface area contributed by atoms with Gasteiger partial charge in [-0.2, -0.15) is 15.1 Å². The van der Waals surface area contributed by atoms with Crippen molar-refractivity contribution in [2.75, 3.05) is 23.8 Å². The minimum absolute atomic E-state index is 0.0918. The highest BCUT2D eigenvalue weighted by Crippen LogP contribution is 2.30. The lowest BCUT2D eigenvalue weighted by atomic mass is 9.98. The number of fused-ring (bicyclic) bond motifs is 1. The first kappa shape index (κ1) is 23.7. The zero-order valence-corrected chi connectivity index (χ0v) is 20.9. The second kappa shape index (κ2) is 10.3. The zero-order chi connectivity index (χ0) is 25.1. The predicted molar refractivity (Wildman–Crippen MR) is 139 cm³/mol. The van der Waals surface area contributed by atoms with E-state index in [-0.39, 0.29) is 24.8 Å². The number of hydrogen-bond acceptors (Lipinski definition) is 7. The largest absolute Gasteiger partial charge is 0.445 e. The molecule has 1 aliphatic heterocycles. The van der Waals surface area contributed by atoms with Crippen LogP contribution in [0.15, 0.2) is 55.0 Å². The molecule has 0 spiro atoms. The third kappa shape index (κ3) is 4.98. The van der Waals surface area contributed by atoms with Crippen molar-refractivity contribution in [2.45, 2.75) is 51.9 Å². The van der Waals surface area contributed by atoms with Crippen LogP contribution in [-0.4, -0.2) is 61.4 Å². The van der Waals surface area contributed by atoms with Crippen molar-refractivity contribution in [3.63, 3.8) is 0 Å². The Bertz CT molecular complexity index is 1320. The molecule has 0 unspecified atom stereocenters. The van der Waals surface area contributed by atoms with Crippen LogP contribution in [0.1, 0.15) is 32.3 Å². The summed E-state index contributed by atoms with van der Waals surface area (Å²) in [5.41, 5.74) is 2.56. The van der Waals surface area contributed by atoms with Gasteiger partial charge in [0.1, 0.15) is 18.1 Å². The molecule has 10 heteroatoms. The first-order chi connectivity index (χ1) is 17.5. The van der Waals surface area contributed by atoms with Crippen LogP contribution in [0, 0.1) is 0 Å². The lowest BCUT2D eigenvalue weighted by Gasteiger charge is -2.41. The molecule has 1 amide bonds. The maximum atomic E-state index is 13.0. The monoisotopic (exact) mass is 488 g/mol. The fourth-order valence-electron chi connectivity index (χ4n) is 4.61. The van der Waals surface area contributed by atoms with Crippen molar-refractivity contribution < 1.29 is 9.53 Å². The summed E-state index contributed by atoms with van der Waals surface area (Å²) in [7, 11) is 2.03. The minimum Gasteiger partial charge on any atom is -0.445 e. The van der Waals surface area contributed by atoms with Crippen LogP contribution in [0.25, 0.3) is 11.0 Å². The fraction of sp³-hybridized carbons (Fsp3) is 0.385. The number of aromatic nitrogens is 5. The lowest BCUT2D eigenvalue weighted by molar-refractivity contribution is 0.0676. The van der Waals surface area contributed by atoms with Crippen molar-refractivity contribution >= 4 is 34.6 Å². The Hall–Kier alpha value is -4.08. The number of benzene rings is 1. The number of likely N-dealkylation sites (tertiary alicyclic amines) is 1. The average molecular weight is 489 g/mol. The molecule has 4 aromatic rings.